The van der Waals surface area contributed by atoms with Crippen LogP contribution >= 0.6 is 0 Å². The molecule has 0 aromatic heterocycles. The van der Waals surface area contributed by atoms with E-state index in [2.05, 4.69) is 5.32 Å². The molecule has 3 aromatic carbocycles. The molecule has 2 amide bonds. The lowest BCUT2D eigenvalue weighted by molar-refractivity contribution is -0.120. The number of para-hydroxylation sites is 2. The molecule has 4 rings (SSSR count). The van der Waals surface area contributed by atoms with Crippen LogP contribution < -0.4 is 19.7 Å². The van der Waals surface area contributed by atoms with Gasteiger partial charge in [0, 0.05) is 12.2 Å². The summed E-state index contributed by atoms with van der Waals surface area (Å²) in [4.78, 5) is 28.8. The summed E-state index contributed by atoms with van der Waals surface area (Å²) in [5, 5.41) is 2.94. The van der Waals surface area contributed by atoms with Gasteiger partial charge in [-0.1, -0.05) is 54.6 Å². The van der Waals surface area contributed by atoms with Crippen LogP contribution in [0.5, 0.6) is 11.5 Å². The van der Waals surface area contributed by atoms with Crippen LogP contribution in [-0.4, -0.2) is 32.6 Å². The summed E-state index contributed by atoms with van der Waals surface area (Å²) in [6, 6.07) is 21.5. The van der Waals surface area contributed by atoms with E-state index >= 15 is 0 Å². The molecule has 1 heterocycles. The van der Waals surface area contributed by atoms with Crippen LogP contribution in [0.1, 0.15) is 33.9 Å². The predicted octanol–water partition coefficient (Wildman–Crippen LogP) is 4.15. The minimum Gasteiger partial charge on any atom is -0.493 e. The van der Waals surface area contributed by atoms with Gasteiger partial charge >= 0.3 is 0 Å². The standard InChI is InChI=1S/C26H26N2O4/c1-31-22-16-8-14-20(24(22)32-2)25(29)27-23(19-11-4-3-5-12-19)26(30)28-17-9-13-18-10-6-7-15-21(18)28/h3-8,10-12,14-16,23H,9,13,17H2,1-2H3,(H,27,29). The van der Waals surface area contributed by atoms with E-state index in [1.54, 1.807) is 23.1 Å². The molecule has 1 N–H and O–H groups in total. The minimum atomic E-state index is -0.842. The Bertz CT molecular complexity index is 1110. The molecule has 1 aliphatic rings. The number of amides is 2. The average Bonchev–Trinajstić information content (AvgIpc) is 2.86. The fourth-order valence-corrected chi connectivity index (χ4v) is 4.13. The second-order valence-corrected chi connectivity index (χ2v) is 7.58. The van der Waals surface area contributed by atoms with Gasteiger partial charge in [0.05, 0.1) is 19.8 Å². The van der Waals surface area contributed by atoms with E-state index in [1.165, 1.54) is 14.2 Å². The van der Waals surface area contributed by atoms with Crippen LogP contribution in [0.25, 0.3) is 0 Å². The van der Waals surface area contributed by atoms with Crippen molar-refractivity contribution < 1.29 is 19.1 Å². The van der Waals surface area contributed by atoms with E-state index in [0.29, 0.717) is 23.6 Å². The molecule has 1 unspecified atom stereocenters. The van der Waals surface area contributed by atoms with Crippen LogP contribution in [0.2, 0.25) is 0 Å². The summed E-state index contributed by atoms with van der Waals surface area (Å²) < 4.78 is 10.7. The predicted molar refractivity (Wildman–Crippen MR) is 123 cm³/mol. The highest BCUT2D eigenvalue weighted by atomic mass is 16.5. The lowest BCUT2D eigenvalue weighted by Gasteiger charge is -2.33. The largest absolute Gasteiger partial charge is 0.493 e. The quantitative estimate of drug-likeness (QED) is 0.638. The third-order valence-electron chi connectivity index (χ3n) is 5.68. The molecule has 0 aliphatic carbocycles. The average molecular weight is 431 g/mol. The van der Waals surface area contributed by atoms with Crippen molar-refractivity contribution in [2.24, 2.45) is 0 Å². The Balaban J connectivity index is 1.69. The summed E-state index contributed by atoms with van der Waals surface area (Å²) in [5.41, 5.74) is 3.06. The molecule has 6 nitrogen and oxygen atoms in total. The lowest BCUT2D eigenvalue weighted by Crippen LogP contribution is -2.45. The Morgan fingerprint density at radius 1 is 0.906 bits per heavy atom. The zero-order chi connectivity index (χ0) is 22.5. The van der Waals surface area contributed by atoms with Crippen LogP contribution in [0.15, 0.2) is 72.8 Å². The number of ether oxygens (including phenoxy) is 2. The number of hydrogen-bond acceptors (Lipinski definition) is 4. The van der Waals surface area contributed by atoms with Gasteiger partial charge in [-0.3, -0.25) is 9.59 Å². The van der Waals surface area contributed by atoms with Gasteiger partial charge in [0.1, 0.15) is 6.04 Å². The number of anilines is 1. The number of benzene rings is 3. The second kappa shape index (κ2) is 9.56. The first-order valence-electron chi connectivity index (χ1n) is 10.6. The third-order valence-corrected chi connectivity index (χ3v) is 5.68. The number of hydrogen-bond donors (Lipinski definition) is 1. The molecule has 0 spiro atoms. The van der Waals surface area contributed by atoms with Crippen molar-refractivity contribution in [3.8, 4) is 11.5 Å². The first kappa shape index (κ1) is 21.4. The maximum absolute atomic E-state index is 13.8. The molecule has 164 valence electrons. The molecule has 1 atom stereocenters. The van der Waals surface area contributed by atoms with Gasteiger partial charge < -0.3 is 19.7 Å². The van der Waals surface area contributed by atoms with Gasteiger partial charge in [0.25, 0.3) is 11.8 Å². The molecule has 32 heavy (non-hydrogen) atoms. The van der Waals surface area contributed by atoms with E-state index < -0.39 is 11.9 Å². The molecule has 0 bridgehead atoms. The van der Waals surface area contributed by atoms with Crippen molar-refractivity contribution in [1.29, 1.82) is 0 Å². The first-order chi connectivity index (χ1) is 15.6. The van der Waals surface area contributed by atoms with Crippen LogP contribution in [0.4, 0.5) is 5.69 Å². The Labute approximate surface area is 187 Å². The smallest absolute Gasteiger partial charge is 0.256 e. The van der Waals surface area contributed by atoms with Gasteiger partial charge in [0.2, 0.25) is 0 Å². The lowest BCUT2D eigenvalue weighted by atomic mass is 9.99. The number of nitrogens with zero attached hydrogens (tertiary/aromatic N) is 1. The Morgan fingerprint density at radius 3 is 2.41 bits per heavy atom. The minimum absolute atomic E-state index is 0.168. The van der Waals surface area contributed by atoms with E-state index in [0.717, 1.165) is 29.7 Å². The zero-order valence-electron chi connectivity index (χ0n) is 18.2. The molecule has 0 saturated heterocycles. The molecule has 3 aromatic rings. The number of rotatable bonds is 6. The molecule has 0 fully saturated rings. The number of aryl methyl sites for hydroxylation is 1. The molecule has 1 aliphatic heterocycles. The maximum Gasteiger partial charge on any atom is 0.256 e. The fourth-order valence-electron chi connectivity index (χ4n) is 4.13. The molecule has 0 radical (unpaired) electrons. The van der Waals surface area contributed by atoms with Gasteiger partial charge in [-0.15, -0.1) is 0 Å². The second-order valence-electron chi connectivity index (χ2n) is 7.58. The summed E-state index contributed by atoms with van der Waals surface area (Å²) in [6.07, 6.45) is 1.81. The zero-order valence-corrected chi connectivity index (χ0v) is 18.2. The van der Waals surface area contributed by atoms with Gasteiger partial charge in [-0.05, 0) is 42.2 Å². The number of fused-ring (bicyclic) bond motifs is 1. The van der Waals surface area contributed by atoms with Gasteiger partial charge in [0.15, 0.2) is 11.5 Å². The van der Waals surface area contributed by atoms with E-state index in [9.17, 15) is 9.59 Å². The van der Waals surface area contributed by atoms with Gasteiger partial charge in [-0.2, -0.15) is 0 Å². The number of nitrogens with one attached hydrogen (secondary N) is 1. The van der Waals surface area contributed by atoms with Crippen LogP contribution in [-0.2, 0) is 11.2 Å². The first-order valence-corrected chi connectivity index (χ1v) is 10.6. The monoisotopic (exact) mass is 430 g/mol. The number of carbonyl (C=O) groups excluding carboxylic acids is 2. The Kier molecular flexibility index (Phi) is 6.40. The SMILES string of the molecule is COc1cccc(C(=O)NC(C(=O)N2CCCc3ccccc32)c2ccccc2)c1OC. The Morgan fingerprint density at radius 2 is 1.66 bits per heavy atom. The number of carbonyl (C=O) groups is 2. The van der Waals surface area contributed by atoms with Crippen molar-refractivity contribution in [3.63, 3.8) is 0 Å². The third kappa shape index (κ3) is 4.17. The van der Waals surface area contributed by atoms with Crippen molar-refractivity contribution >= 4 is 17.5 Å². The van der Waals surface area contributed by atoms with E-state index in [4.69, 9.17) is 9.47 Å². The molecular weight excluding hydrogens is 404 g/mol. The van der Waals surface area contributed by atoms with E-state index in [-0.39, 0.29) is 5.91 Å². The normalized spacial score (nSPS) is 13.6. The van der Waals surface area contributed by atoms with Crippen LogP contribution in [0.3, 0.4) is 0 Å². The highest BCUT2D eigenvalue weighted by Gasteiger charge is 2.32. The summed E-state index contributed by atoms with van der Waals surface area (Å²) in [7, 11) is 3.00. The number of methoxy groups -OCH3 is 2. The summed E-state index contributed by atoms with van der Waals surface area (Å²) in [5.74, 6) is 0.203. The van der Waals surface area contributed by atoms with Crippen molar-refractivity contribution in [2.75, 3.05) is 25.7 Å². The maximum atomic E-state index is 13.8. The molecule has 0 saturated carbocycles. The Hall–Kier alpha value is -3.80. The highest BCUT2D eigenvalue weighted by Crippen LogP contribution is 2.32. The van der Waals surface area contributed by atoms with Crippen molar-refractivity contribution in [1.82, 2.24) is 5.32 Å². The summed E-state index contributed by atoms with van der Waals surface area (Å²) in [6.45, 7) is 0.609. The fraction of sp³-hybridized carbons (Fsp3) is 0.231. The van der Waals surface area contributed by atoms with E-state index in [1.807, 2.05) is 54.6 Å². The van der Waals surface area contributed by atoms with Gasteiger partial charge in [-0.25, -0.2) is 0 Å². The summed E-state index contributed by atoms with van der Waals surface area (Å²) >= 11 is 0. The van der Waals surface area contributed by atoms with Crippen molar-refractivity contribution in [3.05, 3.63) is 89.5 Å². The topological polar surface area (TPSA) is 67.9 Å². The highest BCUT2D eigenvalue weighted by molar-refractivity contribution is 6.04. The molecule has 6 heteroatoms. The van der Waals surface area contributed by atoms with Crippen LogP contribution in [0, 0.1) is 0 Å². The molecular formula is C26H26N2O4. The van der Waals surface area contributed by atoms with Crippen molar-refractivity contribution in [2.45, 2.75) is 18.9 Å².